The van der Waals surface area contributed by atoms with Crippen molar-refractivity contribution in [2.75, 3.05) is 4.90 Å². The monoisotopic (exact) mass is 669 g/mol. The molecule has 3 heteroatoms. The zero-order valence-corrected chi connectivity index (χ0v) is 28.5. The molecule has 2 heterocycles. The average Bonchev–Trinajstić information content (AvgIpc) is 3.79. The van der Waals surface area contributed by atoms with E-state index in [4.69, 9.17) is 4.42 Å². The van der Waals surface area contributed by atoms with Gasteiger partial charge in [-0.1, -0.05) is 146 Å². The molecule has 0 unspecified atom stereocenters. The highest BCUT2D eigenvalue weighted by atomic mass is 32.1. The largest absolute Gasteiger partial charge is 0.456 e. The molecular formula is C48H31NOS. The summed E-state index contributed by atoms with van der Waals surface area (Å²) >= 11 is 1.87. The molecule has 10 rings (SSSR count). The van der Waals surface area contributed by atoms with Gasteiger partial charge in [0.15, 0.2) is 0 Å². The molecule has 0 atom stereocenters. The van der Waals surface area contributed by atoms with Crippen LogP contribution in [0.4, 0.5) is 17.1 Å². The maximum atomic E-state index is 6.42. The third-order valence-corrected chi connectivity index (χ3v) is 11.2. The van der Waals surface area contributed by atoms with Gasteiger partial charge in [-0.2, -0.15) is 0 Å². The van der Waals surface area contributed by atoms with Crippen molar-refractivity contribution in [2.24, 2.45) is 0 Å². The van der Waals surface area contributed by atoms with Crippen molar-refractivity contribution in [1.82, 2.24) is 0 Å². The number of hydrogen-bond acceptors (Lipinski definition) is 3. The van der Waals surface area contributed by atoms with Gasteiger partial charge < -0.3 is 9.32 Å². The Balaban J connectivity index is 1.18. The fourth-order valence-electron chi connectivity index (χ4n) is 7.49. The molecule has 0 aliphatic heterocycles. The lowest BCUT2D eigenvalue weighted by Crippen LogP contribution is -2.10. The minimum Gasteiger partial charge on any atom is -0.456 e. The van der Waals surface area contributed by atoms with Crippen molar-refractivity contribution in [2.45, 2.75) is 0 Å². The minimum atomic E-state index is 0.878. The van der Waals surface area contributed by atoms with Crippen LogP contribution in [0, 0.1) is 0 Å². The molecule has 0 radical (unpaired) electrons. The summed E-state index contributed by atoms with van der Waals surface area (Å²) in [5, 5.41) is 4.75. The van der Waals surface area contributed by atoms with E-state index in [9.17, 15) is 0 Å². The predicted octanol–water partition coefficient (Wildman–Crippen LogP) is 14.4. The summed E-state index contributed by atoms with van der Waals surface area (Å²) < 4.78 is 8.96. The molecule has 0 aliphatic carbocycles. The molecule has 0 N–H and O–H groups in total. The number of benzene rings is 8. The lowest BCUT2D eigenvalue weighted by Gasteiger charge is -2.27. The molecular weight excluding hydrogens is 639 g/mol. The summed E-state index contributed by atoms with van der Waals surface area (Å²) in [5.41, 5.74) is 12.4. The van der Waals surface area contributed by atoms with E-state index >= 15 is 0 Å². The van der Waals surface area contributed by atoms with Crippen molar-refractivity contribution in [3.8, 4) is 33.4 Å². The maximum absolute atomic E-state index is 6.42. The number of rotatable bonds is 6. The first-order valence-corrected chi connectivity index (χ1v) is 18.1. The van der Waals surface area contributed by atoms with Gasteiger partial charge in [-0.25, -0.2) is 0 Å². The predicted molar refractivity (Wildman–Crippen MR) is 218 cm³/mol. The maximum Gasteiger partial charge on any atom is 0.137 e. The van der Waals surface area contributed by atoms with Crippen molar-refractivity contribution in [3.05, 3.63) is 188 Å². The highest BCUT2D eigenvalue weighted by Gasteiger charge is 2.23. The topological polar surface area (TPSA) is 16.4 Å². The van der Waals surface area contributed by atoms with Gasteiger partial charge in [-0.3, -0.25) is 0 Å². The van der Waals surface area contributed by atoms with Crippen molar-refractivity contribution in [3.63, 3.8) is 0 Å². The van der Waals surface area contributed by atoms with E-state index in [0.29, 0.717) is 0 Å². The summed E-state index contributed by atoms with van der Waals surface area (Å²) in [5.74, 6) is 0. The zero-order valence-electron chi connectivity index (χ0n) is 27.7. The summed E-state index contributed by atoms with van der Waals surface area (Å²) in [6, 6.07) is 67.3. The highest BCUT2D eigenvalue weighted by Crippen LogP contribution is 2.49. The van der Waals surface area contributed by atoms with Gasteiger partial charge in [0.1, 0.15) is 11.2 Å². The van der Waals surface area contributed by atoms with Gasteiger partial charge >= 0.3 is 0 Å². The Morgan fingerprint density at radius 1 is 0.373 bits per heavy atom. The molecule has 0 saturated heterocycles. The van der Waals surface area contributed by atoms with Crippen LogP contribution in [0.3, 0.4) is 0 Å². The fraction of sp³-hybridized carbons (Fsp3) is 0. The molecule has 8 aromatic carbocycles. The Morgan fingerprint density at radius 3 is 1.71 bits per heavy atom. The second-order valence-electron chi connectivity index (χ2n) is 12.9. The number of thiophene rings is 1. The lowest BCUT2D eigenvalue weighted by molar-refractivity contribution is 0.669. The summed E-state index contributed by atoms with van der Waals surface area (Å²) in [7, 11) is 0. The molecule has 0 spiro atoms. The van der Waals surface area contributed by atoms with Gasteiger partial charge in [0, 0.05) is 26.5 Å². The van der Waals surface area contributed by atoms with Crippen LogP contribution < -0.4 is 4.90 Å². The third kappa shape index (κ3) is 5.01. The lowest BCUT2D eigenvalue weighted by atomic mass is 9.98. The minimum absolute atomic E-state index is 0.878. The molecule has 51 heavy (non-hydrogen) atoms. The molecule has 10 aromatic rings. The van der Waals surface area contributed by atoms with E-state index in [0.717, 1.165) is 39.0 Å². The quantitative estimate of drug-likeness (QED) is 0.175. The SMILES string of the molecule is c1ccc(-c2cccc(-c3ccc(N(c4cccc5c4sc4c(-c6ccccc6)cccc45)c4cccc5oc6ccccc6c45)cc3)c2)cc1. The molecule has 2 aromatic heterocycles. The number of hydrogen-bond donors (Lipinski definition) is 0. The van der Waals surface area contributed by atoms with Gasteiger partial charge in [-0.15, -0.1) is 11.3 Å². The number of nitrogens with zero attached hydrogens (tertiary/aromatic N) is 1. The summed E-state index contributed by atoms with van der Waals surface area (Å²) in [6.07, 6.45) is 0. The first-order valence-electron chi connectivity index (χ1n) is 17.3. The van der Waals surface area contributed by atoms with Gasteiger partial charge in [-0.05, 0) is 75.8 Å². The smallest absolute Gasteiger partial charge is 0.137 e. The van der Waals surface area contributed by atoms with E-state index in [-0.39, 0.29) is 0 Å². The first kappa shape index (κ1) is 29.5. The Kier molecular flexibility index (Phi) is 7.04. The second kappa shape index (κ2) is 12.2. The molecule has 0 fully saturated rings. The molecule has 0 bridgehead atoms. The normalized spacial score (nSPS) is 11.5. The fourth-order valence-corrected chi connectivity index (χ4v) is 8.83. The summed E-state index contributed by atoms with van der Waals surface area (Å²) in [6.45, 7) is 0. The van der Waals surface area contributed by atoms with E-state index in [1.54, 1.807) is 0 Å². The van der Waals surface area contributed by atoms with Gasteiger partial charge in [0.2, 0.25) is 0 Å². The molecule has 2 nitrogen and oxygen atoms in total. The standard InChI is InChI=1S/C48H31NOS/c1-3-13-32(14-4-1)35-17-9-18-36(31-35)33-27-29-37(30-28-33)49(42-23-12-26-45-46(42)41-19-7-8-25-44(41)50-45)43-24-11-22-40-39-21-10-20-38(47(39)51-48(40)43)34-15-5-2-6-16-34/h1-31H. The molecule has 0 amide bonds. The zero-order chi connectivity index (χ0) is 33.7. The van der Waals surface area contributed by atoms with Crippen LogP contribution in [-0.4, -0.2) is 0 Å². The Morgan fingerprint density at radius 2 is 0.922 bits per heavy atom. The number of para-hydroxylation sites is 1. The number of anilines is 3. The van der Waals surface area contributed by atoms with Crippen LogP contribution in [0.2, 0.25) is 0 Å². The van der Waals surface area contributed by atoms with E-state index in [1.807, 2.05) is 17.4 Å². The van der Waals surface area contributed by atoms with Crippen LogP contribution in [0.25, 0.3) is 75.5 Å². The van der Waals surface area contributed by atoms with Crippen molar-refractivity contribution < 1.29 is 4.42 Å². The van der Waals surface area contributed by atoms with E-state index < -0.39 is 0 Å². The Hall–Kier alpha value is -6.42. The molecule has 240 valence electrons. The van der Waals surface area contributed by atoms with Crippen molar-refractivity contribution in [1.29, 1.82) is 0 Å². The second-order valence-corrected chi connectivity index (χ2v) is 13.9. The Bertz CT molecular complexity index is 2850. The third-order valence-electron chi connectivity index (χ3n) is 9.88. The first-order chi connectivity index (χ1) is 25.3. The van der Waals surface area contributed by atoms with Crippen LogP contribution in [-0.2, 0) is 0 Å². The molecule has 0 aliphatic rings. The van der Waals surface area contributed by atoms with Crippen molar-refractivity contribution >= 4 is 70.5 Å². The van der Waals surface area contributed by atoms with Gasteiger partial charge in [0.25, 0.3) is 0 Å². The van der Waals surface area contributed by atoms with Crippen LogP contribution >= 0.6 is 11.3 Å². The summed E-state index contributed by atoms with van der Waals surface area (Å²) in [4.78, 5) is 2.42. The molecule has 0 saturated carbocycles. The number of furan rings is 1. The van der Waals surface area contributed by atoms with E-state index in [1.165, 1.54) is 53.6 Å². The van der Waals surface area contributed by atoms with Crippen LogP contribution in [0.5, 0.6) is 0 Å². The number of fused-ring (bicyclic) bond motifs is 6. The Labute approximate surface area is 300 Å². The van der Waals surface area contributed by atoms with Crippen LogP contribution in [0.15, 0.2) is 192 Å². The van der Waals surface area contributed by atoms with E-state index in [2.05, 4.69) is 187 Å². The highest BCUT2D eigenvalue weighted by molar-refractivity contribution is 7.27. The van der Waals surface area contributed by atoms with Crippen LogP contribution in [0.1, 0.15) is 0 Å². The average molecular weight is 670 g/mol. The van der Waals surface area contributed by atoms with Gasteiger partial charge in [0.05, 0.1) is 21.5 Å².